The van der Waals surface area contributed by atoms with Crippen LogP contribution >= 0.6 is 0 Å². The van der Waals surface area contributed by atoms with Crippen LogP contribution in [0.3, 0.4) is 0 Å². The number of hydrazine groups is 1. The van der Waals surface area contributed by atoms with Gasteiger partial charge in [0.2, 0.25) is 0 Å². The first-order chi connectivity index (χ1) is 12.0. The van der Waals surface area contributed by atoms with Gasteiger partial charge in [-0.3, -0.25) is 20.4 Å². The van der Waals surface area contributed by atoms with Crippen LogP contribution < -0.4 is 20.3 Å². The summed E-state index contributed by atoms with van der Waals surface area (Å²) < 4.78 is 10.3. The minimum Gasteiger partial charge on any atom is -0.493 e. The normalized spacial score (nSPS) is 10.4. The summed E-state index contributed by atoms with van der Waals surface area (Å²) in [5.41, 5.74) is 7.02. The lowest BCUT2D eigenvalue weighted by Gasteiger charge is -2.10. The summed E-state index contributed by atoms with van der Waals surface area (Å²) in [4.78, 5) is 23.9. The van der Waals surface area contributed by atoms with Crippen molar-refractivity contribution in [3.8, 4) is 11.5 Å². The number of hydrogen-bond acceptors (Lipinski definition) is 4. The number of benzene rings is 2. The van der Waals surface area contributed by atoms with E-state index >= 15 is 0 Å². The highest BCUT2D eigenvalue weighted by atomic mass is 16.5. The van der Waals surface area contributed by atoms with Gasteiger partial charge >= 0.3 is 0 Å². The fourth-order valence-corrected chi connectivity index (χ4v) is 2.15. The largest absolute Gasteiger partial charge is 0.493 e. The van der Waals surface area contributed by atoms with E-state index in [9.17, 15) is 9.59 Å². The highest BCUT2D eigenvalue weighted by Crippen LogP contribution is 2.27. The number of ether oxygens (including phenoxy) is 2. The molecule has 0 saturated carbocycles. The van der Waals surface area contributed by atoms with Gasteiger partial charge in [0.1, 0.15) is 0 Å². The third-order valence-corrected chi connectivity index (χ3v) is 3.55. The first-order valence-corrected chi connectivity index (χ1v) is 7.61. The zero-order valence-electron chi connectivity index (χ0n) is 14.3. The molecule has 0 aliphatic carbocycles. The lowest BCUT2D eigenvalue weighted by atomic mass is 10.1. The molecule has 0 fully saturated rings. The van der Waals surface area contributed by atoms with Gasteiger partial charge in [0.05, 0.1) is 14.2 Å². The van der Waals surface area contributed by atoms with E-state index in [1.165, 1.54) is 26.4 Å². The number of carbonyl (C=O) groups is 2. The Morgan fingerprint density at radius 1 is 0.960 bits per heavy atom. The third-order valence-electron chi connectivity index (χ3n) is 3.55. The van der Waals surface area contributed by atoms with Crippen molar-refractivity contribution in [2.45, 2.75) is 6.92 Å². The topological polar surface area (TPSA) is 76.7 Å². The van der Waals surface area contributed by atoms with Gasteiger partial charge in [0.15, 0.2) is 11.5 Å². The third kappa shape index (κ3) is 4.84. The molecule has 2 amide bonds. The van der Waals surface area contributed by atoms with Gasteiger partial charge in [-0.15, -0.1) is 0 Å². The van der Waals surface area contributed by atoms with Gasteiger partial charge in [0, 0.05) is 11.6 Å². The maximum atomic E-state index is 12.1. The molecule has 0 saturated heterocycles. The summed E-state index contributed by atoms with van der Waals surface area (Å²) in [5, 5.41) is 0. The fourth-order valence-electron chi connectivity index (χ4n) is 2.15. The molecule has 2 N–H and O–H groups in total. The van der Waals surface area contributed by atoms with Crippen molar-refractivity contribution >= 4 is 17.9 Å². The Balaban J connectivity index is 1.95. The molecular formula is C19H20N2O4. The van der Waals surface area contributed by atoms with E-state index in [0.717, 1.165) is 11.1 Å². The molecule has 0 unspecified atom stereocenters. The van der Waals surface area contributed by atoms with Crippen LogP contribution in [0.1, 0.15) is 21.5 Å². The molecule has 0 aliphatic rings. The van der Waals surface area contributed by atoms with Crippen LogP contribution in [0.25, 0.3) is 6.08 Å². The van der Waals surface area contributed by atoms with Crippen molar-refractivity contribution in [1.29, 1.82) is 0 Å². The smallest absolute Gasteiger partial charge is 0.269 e. The van der Waals surface area contributed by atoms with Crippen molar-refractivity contribution in [1.82, 2.24) is 10.9 Å². The molecule has 0 atom stereocenters. The van der Waals surface area contributed by atoms with Gasteiger partial charge < -0.3 is 9.47 Å². The predicted molar refractivity (Wildman–Crippen MR) is 95.4 cm³/mol. The van der Waals surface area contributed by atoms with Crippen LogP contribution in [-0.2, 0) is 4.79 Å². The summed E-state index contributed by atoms with van der Waals surface area (Å²) in [6.45, 7) is 1.95. The Kier molecular flexibility index (Phi) is 6.17. The van der Waals surface area contributed by atoms with Gasteiger partial charge in [-0.05, 0) is 42.3 Å². The summed E-state index contributed by atoms with van der Waals surface area (Å²) in [5.74, 6) is 0.0563. The van der Waals surface area contributed by atoms with E-state index in [-0.39, 0.29) is 0 Å². The summed E-state index contributed by atoms with van der Waals surface area (Å²) >= 11 is 0. The van der Waals surface area contributed by atoms with E-state index in [2.05, 4.69) is 10.9 Å². The Labute approximate surface area is 146 Å². The van der Waals surface area contributed by atoms with E-state index in [4.69, 9.17) is 9.47 Å². The molecule has 0 bridgehead atoms. The molecule has 2 aromatic carbocycles. The van der Waals surface area contributed by atoms with Crippen molar-refractivity contribution in [2.24, 2.45) is 0 Å². The fraction of sp³-hybridized carbons (Fsp3) is 0.158. The average Bonchev–Trinajstić information content (AvgIpc) is 2.64. The summed E-state index contributed by atoms with van der Waals surface area (Å²) in [7, 11) is 3.00. The zero-order chi connectivity index (χ0) is 18.2. The second-order valence-corrected chi connectivity index (χ2v) is 5.20. The summed E-state index contributed by atoms with van der Waals surface area (Å²) in [6.07, 6.45) is 3.05. The quantitative estimate of drug-likeness (QED) is 0.648. The molecule has 2 aromatic rings. The molecule has 6 heteroatoms. The molecule has 0 radical (unpaired) electrons. The SMILES string of the molecule is COc1ccc(C(=O)NNC(=O)/C=C/c2ccccc2C)cc1OC. The minimum atomic E-state index is -0.460. The van der Waals surface area contributed by atoms with Crippen LogP contribution in [-0.4, -0.2) is 26.0 Å². The summed E-state index contributed by atoms with van der Waals surface area (Å²) in [6, 6.07) is 12.4. The van der Waals surface area contributed by atoms with Crippen LogP contribution in [0.5, 0.6) is 11.5 Å². The van der Waals surface area contributed by atoms with E-state index in [1.54, 1.807) is 18.2 Å². The number of methoxy groups -OCH3 is 2. The minimum absolute atomic E-state index is 0.334. The van der Waals surface area contributed by atoms with E-state index < -0.39 is 11.8 Å². The van der Waals surface area contributed by atoms with E-state index in [0.29, 0.717) is 17.1 Å². The highest BCUT2D eigenvalue weighted by molar-refractivity contribution is 5.98. The van der Waals surface area contributed by atoms with Crippen molar-refractivity contribution in [2.75, 3.05) is 14.2 Å². The molecule has 0 spiro atoms. The molecule has 0 heterocycles. The zero-order valence-corrected chi connectivity index (χ0v) is 14.3. The van der Waals surface area contributed by atoms with Gasteiger partial charge in [0.25, 0.3) is 11.8 Å². The maximum absolute atomic E-state index is 12.1. The second-order valence-electron chi connectivity index (χ2n) is 5.20. The van der Waals surface area contributed by atoms with Crippen LogP contribution in [0.15, 0.2) is 48.5 Å². The Morgan fingerprint density at radius 2 is 1.68 bits per heavy atom. The van der Waals surface area contributed by atoms with Crippen LogP contribution in [0, 0.1) is 6.92 Å². The monoisotopic (exact) mass is 340 g/mol. The van der Waals surface area contributed by atoms with E-state index in [1.807, 2.05) is 31.2 Å². The van der Waals surface area contributed by atoms with Crippen LogP contribution in [0.4, 0.5) is 0 Å². The number of carbonyl (C=O) groups excluding carboxylic acids is 2. The molecule has 130 valence electrons. The lowest BCUT2D eigenvalue weighted by Crippen LogP contribution is -2.40. The average molecular weight is 340 g/mol. The predicted octanol–water partition coefficient (Wildman–Crippen LogP) is 2.49. The molecule has 25 heavy (non-hydrogen) atoms. The first-order valence-electron chi connectivity index (χ1n) is 7.61. The first kappa shape index (κ1) is 18.1. The van der Waals surface area contributed by atoms with Gasteiger partial charge in [-0.2, -0.15) is 0 Å². The number of hydrogen-bond donors (Lipinski definition) is 2. The molecule has 0 aromatic heterocycles. The molecule has 0 aliphatic heterocycles. The number of nitrogens with one attached hydrogen (secondary N) is 2. The molecular weight excluding hydrogens is 320 g/mol. The van der Waals surface area contributed by atoms with Crippen molar-refractivity contribution < 1.29 is 19.1 Å². The standard InChI is InChI=1S/C19H20N2O4/c1-13-6-4-5-7-14(13)9-11-18(22)20-21-19(23)15-8-10-16(24-2)17(12-15)25-3/h4-12H,1-3H3,(H,20,22)(H,21,23)/b11-9+. The lowest BCUT2D eigenvalue weighted by molar-refractivity contribution is -0.117. The van der Waals surface area contributed by atoms with Gasteiger partial charge in [-0.25, -0.2) is 0 Å². The Bertz CT molecular complexity index is 800. The number of rotatable bonds is 5. The molecule has 2 rings (SSSR count). The Hall–Kier alpha value is -3.28. The Morgan fingerprint density at radius 3 is 2.36 bits per heavy atom. The maximum Gasteiger partial charge on any atom is 0.269 e. The van der Waals surface area contributed by atoms with Crippen molar-refractivity contribution in [3.05, 3.63) is 65.2 Å². The number of aryl methyl sites for hydroxylation is 1. The highest BCUT2D eigenvalue weighted by Gasteiger charge is 2.11. The molecule has 6 nitrogen and oxygen atoms in total. The second kappa shape index (κ2) is 8.54. The van der Waals surface area contributed by atoms with Crippen molar-refractivity contribution in [3.63, 3.8) is 0 Å². The number of amides is 2. The van der Waals surface area contributed by atoms with Crippen LogP contribution in [0.2, 0.25) is 0 Å². The van der Waals surface area contributed by atoms with Gasteiger partial charge in [-0.1, -0.05) is 24.3 Å².